The topological polar surface area (TPSA) is 48.1 Å². The van der Waals surface area contributed by atoms with Crippen molar-refractivity contribution in [3.05, 3.63) is 40.6 Å². The van der Waals surface area contributed by atoms with E-state index < -0.39 is 0 Å². The summed E-state index contributed by atoms with van der Waals surface area (Å²) < 4.78 is 2.21. The van der Waals surface area contributed by atoms with Crippen LogP contribution in [-0.4, -0.2) is 9.49 Å². The highest BCUT2D eigenvalue weighted by Gasteiger charge is 2.12. The average Bonchev–Trinajstić information content (AvgIpc) is 2.74. The van der Waals surface area contributed by atoms with Gasteiger partial charge in [-0.25, -0.2) is 0 Å². The molecule has 1 heterocycles. The van der Waals surface area contributed by atoms with Crippen molar-refractivity contribution in [1.29, 1.82) is 0 Å². The normalized spacial score (nSPS) is 11.2. The van der Waals surface area contributed by atoms with Crippen molar-refractivity contribution < 1.29 is 4.92 Å². The van der Waals surface area contributed by atoms with E-state index in [0.717, 1.165) is 23.7 Å². The van der Waals surface area contributed by atoms with Crippen LogP contribution in [0.5, 0.6) is 0 Å². The molecule has 2 aromatic rings. The Bertz CT molecular complexity index is 541. The number of nitro benzene ring substituents is 1. The Hall–Kier alpha value is -1.84. The number of benzene rings is 1. The highest BCUT2D eigenvalue weighted by Crippen LogP contribution is 2.26. The Kier molecular flexibility index (Phi) is 3.13. The Balaban J connectivity index is 2.51. The number of aromatic nitrogens is 1. The maximum Gasteiger partial charge on any atom is 0.270 e. The van der Waals surface area contributed by atoms with Gasteiger partial charge in [-0.15, -0.1) is 0 Å². The van der Waals surface area contributed by atoms with E-state index in [4.69, 9.17) is 0 Å². The van der Waals surface area contributed by atoms with Gasteiger partial charge >= 0.3 is 0 Å². The van der Waals surface area contributed by atoms with Crippen LogP contribution in [0.1, 0.15) is 32.7 Å². The maximum absolute atomic E-state index is 10.7. The lowest BCUT2D eigenvalue weighted by Gasteiger charge is -2.16. The number of rotatable bonds is 4. The molecule has 0 aliphatic heterocycles. The van der Waals surface area contributed by atoms with Crippen LogP contribution >= 0.6 is 0 Å². The van der Waals surface area contributed by atoms with Gasteiger partial charge in [0.05, 0.1) is 4.92 Å². The molecule has 1 aromatic carbocycles. The molecule has 1 aromatic heterocycles. The number of fused-ring (bicyclic) bond motifs is 1. The molecule has 4 nitrogen and oxygen atoms in total. The average molecular weight is 232 g/mol. The second kappa shape index (κ2) is 4.57. The van der Waals surface area contributed by atoms with E-state index in [1.54, 1.807) is 12.1 Å². The van der Waals surface area contributed by atoms with Gasteiger partial charge in [0.15, 0.2) is 0 Å². The lowest BCUT2D eigenvalue weighted by atomic mass is 10.1. The molecule has 0 saturated carbocycles. The van der Waals surface area contributed by atoms with Gasteiger partial charge in [-0.1, -0.05) is 13.8 Å². The fraction of sp³-hybridized carbons (Fsp3) is 0.385. The molecule has 90 valence electrons. The van der Waals surface area contributed by atoms with Gasteiger partial charge in [0, 0.05) is 35.3 Å². The van der Waals surface area contributed by atoms with Gasteiger partial charge in [0.2, 0.25) is 0 Å². The number of hydrogen-bond donors (Lipinski definition) is 0. The lowest BCUT2D eigenvalue weighted by molar-refractivity contribution is -0.384. The van der Waals surface area contributed by atoms with E-state index >= 15 is 0 Å². The van der Waals surface area contributed by atoms with Gasteiger partial charge < -0.3 is 4.57 Å². The molecule has 0 amide bonds. The van der Waals surface area contributed by atoms with Crippen LogP contribution in [0.4, 0.5) is 5.69 Å². The van der Waals surface area contributed by atoms with Crippen LogP contribution < -0.4 is 0 Å². The smallest absolute Gasteiger partial charge is 0.270 e. The number of nitrogens with zero attached hydrogens (tertiary/aromatic N) is 2. The molecule has 0 fully saturated rings. The van der Waals surface area contributed by atoms with Gasteiger partial charge in [-0.2, -0.15) is 0 Å². The van der Waals surface area contributed by atoms with E-state index in [2.05, 4.69) is 18.4 Å². The summed E-state index contributed by atoms with van der Waals surface area (Å²) in [6.07, 6.45) is 4.15. The molecule has 0 unspecified atom stereocenters. The maximum atomic E-state index is 10.7. The van der Waals surface area contributed by atoms with Gasteiger partial charge in [0.1, 0.15) is 0 Å². The van der Waals surface area contributed by atoms with Gasteiger partial charge in [0.25, 0.3) is 5.69 Å². The van der Waals surface area contributed by atoms with E-state index in [-0.39, 0.29) is 10.6 Å². The molecule has 0 aliphatic rings. The number of hydrogen-bond acceptors (Lipinski definition) is 2. The van der Waals surface area contributed by atoms with Crippen molar-refractivity contribution in [2.75, 3.05) is 0 Å². The van der Waals surface area contributed by atoms with Crippen molar-refractivity contribution in [3.63, 3.8) is 0 Å². The molecule has 0 spiro atoms. The number of nitro groups is 1. The SMILES string of the molecule is CCC(CC)n1ccc2cc([N+](=O)[O-])ccc21. The second-order valence-corrected chi connectivity index (χ2v) is 4.19. The zero-order valence-electron chi connectivity index (χ0n) is 10.1. The lowest BCUT2D eigenvalue weighted by Crippen LogP contribution is -2.04. The molecule has 0 aliphatic carbocycles. The third-order valence-electron chi connectivity index (χ3n) is 3.25. The molecule has 4 heteroatoms. The Labute approximate surface area is 100 Å². The monoisotopic (exact) mass is 232 g/mol. The first-order valence-corrected chi connectivity index (χ1v) is 5.92. The third-order valence-corrected chi connectivity index (χ3v) is 3.25. The minimum absolute atomic E-state index is 0.153. The fourth-order valence-corrected chi connectivity index (χ4v) is 2.27. The summed E-state index contributed by atoms with van der Waals surface area (Å²) in [5.74, 6) is 0. The molecule has 0 saturated heterocycles. The first-order valence-electron chi connectivity index (χ1n) is 5.92. The predicted octanol–water partition coefficient (Wildman–Crippen LogP) is 3.91. The quantitative estimate of drug-likeness (QED) is 0.592. The standard InChI is InChI=1S/C13H16N2O2/c1-3-11(4-2)14-8-7-10-9-12(15(16)17)5-6-13(10)14/h5-9,11H,3-4H2,1-2H3. The predicted molar refractivity (Wildman–Crippen MR) is 68.2 cm³/mol. The molecule has 0 radical (unpaired) electrons. The molecular weight excluding hydrogens is 216 g/mol. The summed E-state index contributed by atoms with van der Waals surface area (Å²) in [5.41, 5.74) is 1.23. The molecule has 2 rings (SSSR count). The Morgan fingerprint density at radius 2 is 2.00 bits per heavy atom. The van der Waals surface area contributed by atoms with E-state index in [1.807, 2.05) is 18.3 Å². The zero-order chi connectivity index (χ0) is 12.4. The highest BCUT2D eigenvalue weighted by molar-refractivity contribution is 5.82. The summed E-state index contributed by atoms with van der Waals surface area (Å²) in [6, 6.07) is 7.45. The van der Waals surface area contributed by atoms with Crippen molar-refractivity contribution in [2.24, 2.45) is 0 Å². The first kappa shape index (κ1) is 11.6. The van der Waals surface area contributed by atoms with Crippen LogP contribution in [0, 0.1) is 10.1 Å². The van der Waals surface area contributed by atoms with Crippen molar-refractivity contribution >= 4 is 16.6 Å². The van der Waals surface area contributed by atoms with Crippen LogP contribution in [0.2, 0.25) is 0 Å². The highest BCUT2D eigenvalue weighted by atomic mass is 16.6. The first-order chi connectivity index (χ1) is 8.17. The zero-order valence-corrected chi connectivity index (χ0v) is 10.1. The molecular formula is C13H16N2O2. The van der Waals surface area contributed by atoms with Crippen LogP contribution in [0.25, 0.3) is 10.9 Å². The van der Waals surface area contributed by atoms with Crippen LogP contribution in [-0.2, 0) is 0 Å². The van der Waals surface area contributed by atoms with E-state index in [9.17, 15) is 10.1 Å². The number of non-ortho nitro benzene ring substituents is 1. The van der Waals surface area contributed by atoms with Crippen molar-refractivity contribution in [2.45, 2.75) is 32.7 Å². The van der Waals surface area contributed by atoms with Gasteiger partial charge in [-0.05, 0) is 25.0 Å². The summed E-state index contributed by atoms with van der Waals surface area (Å²) in [5, 5.41) is 11.6. The summed E-state index contributed by atoms with van der Waals surface area (Å²) in [7, 11) is 0. The largest absolute Gasteiger partial charge is 0.344 e. The van der Waals surface area contributed by atoms with Crippen molar-refractivity contribution in [3.8, 4) is 0 Å². The van der Waals surface area contributed by atoms with Crippen LogP contribution in [0.3, 0.4) is 0 Å². The Morgan fingerprint density at radius 1 is 1.29 bits per heavy atom. The minimum atomic E-state index is -0.353. The molecule has 0 bridgehead atoms. The van der Waals surface area contributed by atoms with Crippen LogP contribution in [0.15, 0.2) is 30.5 Å². The molecule has 0 atom stereocenters. The van der Waals surface area contributed by atoms with E-state index in [0.29, 0.717) is 6.04 Å². The minimum Gasteiger partial charge on any atom is -0.344 e. The summed E-state index contributed by atoms with van der Waals surface area (Å²) in [4.78, 5) is 10.3. The van der Waals surface area contributed by atoms with E-state index in [1.165, 1.54) is 0 Å². The fourth-order valence-electron chi connectivity index (χ4n) is 2.27. The Morgan fingerprint density at radius 3 is 2.59 bits per heavy atom. The molecule has 17 heavy (non-hydrogen) atoms. The third kappa shape index (κ3) is 2.02. The van der Waals surface area contributed by atoms with Crippen molar-refractivity contribution in [1.82, 2.24) is 4.57 Å². The molecule has 0 N–H and O–H groups in total. The second-order valence-electron chi connectivity index (χ2n) is 4.19. The summed E-state index contributed by atoms with van der Waals surface area (Å²) in [6.45, 7) is 4.32. The summed E-state index contributed by atoms with van der Waals surface area (Å²) >= 11 is 0. The van der Waals surface area contributed by atoms with Gasteiger partial charge in [-0.3, -0.25) is 10.1 Å².